The average molecular weight is 294 g/mol. The maximum absolute atomic E-state index is 11.9. The number of rotatable bonds is 8. The molecule has 2 amide bonds. The van der Waals surface area contributed by atoms with Crippen molar-refractivity contribution >= 4 is 11.8 Å². The van der Waals surface area contributed by atoms with Gasteiger partial charge in [0.05, 0.1) is 5.56 Å². The van der Waals surface area contributed by atoms with Crippen molar-refractivity contribution in [2.45, 2.75) is 26.3 Å². The van der Waals surface area contributed by atoms with Crippen LogP contribution in [0.1, 0.15) is 30.6 Å². The molecule has 21 heavy (non-hydrogen) atoms. The van der Waals surface area contributed by atoms with Crippen molar-refractivity contribution in [3.8, 4) is 5.75 Å². The van der Waals surface area contributed by atoms with Crippen LogP contribution in [-0.2, 0) is 4.79 Å². The monoisotopic (exact) mass is 294 g/mol. The zero-order valence-electron chi connectivity index (χ0n) is 12.3. The lowest BCUT2D eigenvalue weighted by molar-refractivity contribution is -0.124. The molecular formula is C15H22N2O4. The number of carbonyl (C=O) groups excluding carboxylic acids is 2. The Hall–Kier alpha value is -2.08. The quantitative estimate of drug-likeness (QED) is 0.656. The van der Waals surface area contributed by atoms with Crippen molar-refractivity contribution < 1.29 is 19.4 Å². The Labute approximate surface area is 124 Å². The molecule has 1 atom stereocenters. The van der Waals surface area contributed by atoms with E-state index in [0.717, 1.165) is 0 Å². The molecule has 0 radical (unpaired) electrons. The van der Waals surface area contributed by atoms with Crippen LogP contribution >= 0.6 is 0 Å². The van der Waals surface area contributed by atoms with E-state index in [2.05, 4.69) is 5.32 Å². The highest BCUT2D eigenvalue weighted by molar-refractivity contribution is 5.95. The molecule has 1 aromatic rings. The summed E-state index contributed by atoms with van der Waals surface area (Å²) in [6.07, 6.45) is 0.487. The Morgan fingerprint density at radius 3 is 2.57 bits per heavy atom. The second kappa shape index (κ2) is 8.26. The molecule has 0 saturated carbocycles. The standard InChI is InChI=1S/C15H22N2O4/c1-10(2)12(7-8-18)17-14(19)9-21-13-6-4-3-5-11(13)15(16)20/h3-6,10,12,18H,7-9H2,1-2H3,(H2,16,20)(H,17,19). The number of ether oxygens (including phenoxy) is 1. The summed E-state index contributed by atoms with van der Waals surface area (Å²) in [4.78, 5) is 23.1. The Kier molecular flexibility index (Phi) is 6.68. The first-order chi connectivity index (χ1) is 9.95. The van der Waals surface area contributed by atoms with E-state index in [9.17, 15) is 9.59 Å². The lowest BCUT2D eigenvalue weighted by atomic mass is 10.0. The molecular weight excluding hydrogens is 272 g/mol. The van der Waals surface area contributed by atoms with Crippen molar-refractivity contribution in [3.63, 3.8) is 0 Å². The first-order valence-electron chi connectivity index (χ1n) is 6.87. The van der Waals surface area contributed by atoms with E-state index in [1.54, 1.807) is 18.2 Å². The topological polar surface area (TPSA) is 102 Å². The van der Waals surface area contributed by atoms with Crippen molar-refractivity contribution in [2.24, 2.45) is 11.7 Å². The van der Waals surface area contributed by atoms with Gasteiger partial charge in [0.1, 0.15) is 5.75 Å². The summed E-state index contributed by atoms with van der Waals surface area (Å²) in [6, 6.07) is 6.38. The zero-order chi connectivity index (χ0) is 15.8. The maximum Gasteiger partial charge on any atom is 0.258 e. The highest BCUT2D eigenvalue weighted by Gasteiger charge is 2.16. The molecule has 1 aromatic carbocycles. The van der Waals surface area contributed by atoms with E-state index in [4.69, 9.17) is 15.6 Å². The SMILES string of the molecule is CC(C)C(CCO)NC(=O)COc1ccccc1C(N)=O. The Balaban J connectivity index is 2.59. The normalized spacial score (nSPS) is 12.0. The Morgan fingerprint density at radius 2 is 2.00 bits per heavy atom. The lowest BCUT2D eigenvalue weighted by Crippen LogP contribution is -2.41. The van der Waals surface area contributed by atoms with Gasteiger partial charge in [0, 0.05) is 12.6 Å². The van der Waals surface area contributed by atoms with Crippen LogP contribution in [0.2, 0.25) is 0 Å². The van der Waals surface area contributed by atoms with Gasteiger partial charge in [0.2, 0.25) is 0 Å². The van der Waals surface area contributed by atoms with Gasteiger partial charge in [-0.25, -0.2) is 0 Å². The second-order valence-electron chi connectivity index (χ2n) is 5.08. The number of para-hydroxylation sites is 1. The number of primary amides is 1. The van der Waals surface area contributed by atoms with Gasteiger partial charge in [-0.1, -0.05) is 26.0 Å². The summed E-state index contributed by atoms with van der Waals surface area (Å²) in [7, 11) is 0. The first-order valence-corrected chi connectivity index (χ1v) is 6.87. The third kappa shape index (κ3) is 5.43. The molecule has 0 fully saturated rings. The molecule has 0 spiro atoms. The number of aliphatic hydroxyl groups excluding tert-OH is 1. The van der Waals surface area contributed by atoms with Crippen molar-refractivity contribution in [3.05, 3.63) is 29.8 Å². The van der Waals surface area contributed by atoms with Gasteiger partial charge in [-0.05, 0) is 24.5 Å². The minimum absolute atomic E-state index is 0.00843. The molecule has 0 aromatic heterocycles. The molecule has 0 saturated heterocycles. The fourth-order valence-electron chi connectivity index (χ4n) is 1.90. The minimum Gasteiger partial charge on any atom is -0.483 e. The van der Waals surface area contributed by atoms with E-state index in [0.29, 0.717) is 6.42 Å². The number of aliphatic hydroxyl groups is 1. The highest BCUT2D eigenvalue weighted by atomic mass is 16.5. The second-order valence-corrected chi connectivity index (χ2v) is 5.08. The number of nitrogens with one attached hydrogen (secondary N) is 1. The van der Waals surface area contributed by atoms with E-state index in [1.807, 2.05) is 13.8 Å². The molecule has 0 aliphatic rings. The van der Waals surface area contributed by atoms with Crippen LogP contribution in [0, 0.1) is 5.92 Å². The minimum atomic E-state index is -0.605. The molecule has 0 heterocycles. The van der Waals surface area contributed by atoms with E-state index < -0.39 is 5.91 Å². The van der Waals surface area contributed by atoms with Gasteiger partial charge in [0.25, 0.3) is 11.8 Å². The molecule has 1 unspecified atom stereocenters. The van der Waals surface area contributed by atoms with Crippen LogP contribution in [0.15, 0.2) is 24.3 Å². The fraction of sp³-hybridized carbons (Fsp3) is 0.467. The molecule has 1 rings (SSSR count). The highest BCUT2D eigenvalue weighted by Crippen LogP contribution is 2.17. The largest absolute Gasteiger partial charge is 0.483 e. The van der Waals surface area contributed by atoms with Gasteiger partial charge in [-0.15, -0.1) is 0 Å². The van der Waals surface area contributed by atoms with Crippen molar-refractivity contribution in [1.82, 2.24) is 5.32 Å². The van der Waals surface area contributed by atoms with Gasteiger partial charge in [0.15, 0.2) is 6.61 Å². The lowest BCUT2D eigenvalue weighted by Gasteiger charge is -2.21. The number of carbonyl (C=O) groups is 2. The average Bonchev–Trinajstić information content (AvgIpc) is 2.44. The smallest absolute Gasteiger partial charge is 0.258 e. The van der Waals surface area contributed by atoms with E-state index >= 15 is 0 Å². The molecule has 6 heteroatoms. The van der Waals surface area contributed by atoms with Crippen LogP contribution in [0.4, 0.5) is 0 Å². The fourth-order valence-corrected chi connectivity index (χ4v) is 1.90. The summed E-state index contributed by atoms with van der Waals surface area (Å²) < 4.78 is 5.34. The third-order valence-corrected chi connectivity index (χ3v) is 3.10. The van der Waals surface area contributed by atoms with Crippen molar-refractivity contribution in [2.75, 3.05) is 13.2 Å². The number of amides is 2. The molecule has 6 nitrogen and oxygen atoms in total. The molecule has 0 aliphatic carbocycles. The van der Waals surface area contributed by atoms with Crippen LogP contribution < -0.4 is 15.8 Å². The number of hydrogen-bond acceptors (Lipinski definition) is 4. The summed E-state index contributed by atoms with van der Waals surface area (Å²) in [5, 5.41) is 11.8. The number of benzene rings is 1. The van der Waals surface area contributed by atoms with Crippen LogP contribution in [-0.4, -0.2) is 36.2 Å². The molecule has 116 valence electrons. The summed E-state index contributed by atoms with van der Waals surface area (Å²) in [5.74, 6) is -0.421. The van der Waals surface area contributed by atoms with Gasteiger partial charge in [-0.2, -0.15) is 0 Å². The first kappa shape index (κ1) is 17.0. The van der Waals surface area contributed by atoms with Gasteiger partial charge >= 0.3 is 0 Å². The van der Waals surface area contributed by atoms with Crippen LogP contribution in [0.25, 0.3) is 0 Å². The molecule has 4 N–H and O–H groups in total. The number of nitrogens with two attached hydrogens (primary N) is 1. The van der Waals surface area contributed by atoms with Crippen molar-refractivity contribution in [1.29, 1.82) is 0 Å². The summed E-state index contributed by atoms with van der Waals surface area (Å²) in [6.45, 7) is 3.72. The predicted octanol–water partition coefficient (Wildman–Crippen LogP) is 0.688. The van der Waals surface area contributed by atoms with E-state index in [1.165, 1.54) is 6.07 Å². The summed E-state index contributed by atoms with van der Waals surface area (Å²) in [5.41, 5.74) is 5.47. The maximum atomic E-state index is 11.9. The Bertz CT molecular complexity index is 488. The third-order valence-electron chi connectivity index (χ3n) is 3.10. The molecule has 0 bridgehead atoms. The zero-order valence-corrected chi connectivity index (χ0v) is 12.3. The molecule has 0 aliphatic heterocycles. The summed E-state index contributed by atoms with van der Waals surface area (Å²) >= 11 is 0. The van der Waals surface area contributed by atoms with Crippen LogP contribution in [0.5, 0.6) is 5.75 Å². The van der Waals surface area contributed by atoms with Gasteiger partial charge < -0.3 is 20.9 Å². The number of hydrogen-bond donors (Lipinski definition) is 3. The predicted molar refractivity (Wildman–Crippen MR) is 78.9 cm³/mol. The van der Waals surface area contributed by atoms with E-state index in [-0.39, 0.29) is 42.4 Å². The Morgan fingerprint density at radius 1 is 1.33 bits per heavy atom. The van der Waals surface area contributed by atoms with Crippen LogP contribution in [0.3, 0.4) is 0 Å². The van der Waals surface area contributed by atoms with Gasteiger partial charge in [-0.3, -0.25) is 9.59 Å².